The van der Waals surface area contributed by atoms with Crippen molar-refractivity contribution in [1.82, 2.24) is 20.6 Å². The maximum Gasteiger partial charge on any atom is 0.270 e. The molecule has 2 amide bonds. The van der Waals surface area contributed by atoms with Gasteiger partial charge in [-0.05, 0) is 39.0 Å². The van der Waals surface area contributed by atoms with Gasteiger partial charge in [0.25, 0.3) is 5.91 Å². The number of carbonyl (C=O) groups excluding carboxylic acids is 3. The van der Waals surface area contributed by atoms with Gasteiger partial charge in [-0.25, -0.2) is 9.97 Å². The van der Waals surface area contributed by atoms with Gasteiger partial charge in [0, 0.05) is 19.3 Å². The number of hydrogen-bond acceptors (Lipinski definition) is 9. The average Bonchev–Trinajstić information content (AvgIpc) is 3.83. The number of epoxide rings is 1. The highest BCUT2D eigenvalue weighted by molar-refractivity contribution is 5.95. The Hall–Kier alpha value is -4.35. The first-order chi connectivity index (χ1) is 20.3. The van der Waals surface area contributed by atoms with Crippen LogP contribution in [0.3, 0.4) is 0 Å². The Morgan fingerprint density at radius 2 is 1.62 bits per heavy atom. The molecule has 0 saturated carbocycles. The minimum Gasteiger partial charge on any atom is -0.497 e. The van der Waals surface area contributed by atoms with Crippen molar-refractivity contribution in [2.24, 2.45) is 0 Å². The summed E-state index contributed by atoms with van der Waals surface area (Å²) in [6.07, 6.45) is 2.65. The van der Waals surface area contributed by atoms with Crippen molar-refractivity contribution < 1.29 is 28.6 Å². The zero-order valence-corrected chi connectivity index (χ0v) is 24.7. The molecule has 226 valence electrons. The van der Waals surface area contributed by atoms with E-state index in [1.165, 1.54) is 23.4 Å². The van der Waals surface area contributed by atoms with Gasteiger partial charge in [-0.15, -0.1) is 0 Å². The molecule has 0 spiro atoms. The van der Waals surface area contributed by atoms with E-state index in [4.69, 9.17) is 14.2 Å². The number of morpholine rings is 1. The second kappa shape index (κ2) is 19.7. The number of nitrogens with one attached hydrogen (secondary N) is 2. The van der Waals surface area contributed by atoms with Crippen LogP contribution in [0.15, 0.2) is 66.9 Å². The van der Waals surface area contributed by atoms with E-state index >= 15 is 0 Å². The van der Waals surface area contributed by atoms with Gasteiger partial charge in [-0.2, -0.15) is 0 Å². The minimum atomic E-state index is -0.474. The molecule has 11 nitrogen and oxygen atoms in total. The van der Waals surface area contributed by atoms with Crippen molar-refractivity contribution in [3.05, 3.63) is 83.7 Å². The molecule has 2 aliphatic rings. The molecule has 1 atom stereocenters. The first-order valence-electron chi connectivity index (χ1n) is 13.7. The summed E-state index contributed by atoms with van der Waals surface area (Å²) < 4.78 is 14.9. The molecule has 2 saturated heterocycles. The highest BCUT2D eigenvalue weighted by Crippen LogP contribution is 2.10. The van der Waals surface area contributed by atoms with Crippen LogP contribution in [-0.4, -0.2) is 87.3 Å². The molecule has 0 aliphatic carbocycles. The lowest BCUT2D eigenvalue weighted by Crippen LogP contribution is -2.39. The summed E-state index contributed by atoms with van der Waals surface area (Å²) in [5.41, 5.74) is 2.76. The predicted octanol–water partition coefficient (Wildman–Crippen LogP) is 2.76. The molecular formula is C31H41N5O6. The van der Waals surface area contributed by atoms with Crippen LogP contribution in [0.2, 0.25) is 0 Å². The lowest BCUT2D eigenvalue weighted by Gasteiger charge is -2.26. The van der Waals surface area contributed by atoms with Gasteiger partial charge in [-0.1, -0.05) is 53.6 Å². The molecular weight excluding hydrogens is 538 g/mol. The number of anilines is 1. The van der Waals surface area contributed by atoms with Gasteiger partial charge in [0.05, 0.1) is 46.1 Å². The molecule has 2 aliphatic heterocycles. The minimum absolute atomic E-state index is 0.0800. The van der Waals surface area contributed by atoms with Crippen molar-refractivity contribution in [3.8, 4) is 5.75 Å². The van der Waals surface area contributed by atoms with E-state index in [1.807, 2.05) is 47.4 Å². The van der Waals surface area contributed by atoms with Crippen LogP contribution in [0.25, 0.3) is 0 Å². The monoisotopic (exact) mass is 579 g/mol. The largest absolute Gasteiger partial charge is 0.497 e. The van der Waals surface area contributed by atoms with E-state index in [0.717, 1.165) is 12.4 Å². The lowest BCUT2D eigenvalue weighted by atomic mass is 10.2. The molecule has 2 fully saturated rings. The number of aryl methyl sites for hydroxylation is 2. The number of amides is 2. The van der Waals surface area contributed by atoms with Crippen LogP contribution in [0.5, 0.6) is 5.75 Å². The Bertz CT molecular complexity index is 1200. The fraction of sp³-hybridized carbons (Fsp3) is 0.387. The molecule has 0 bridgehead atoms. The predicted molar refractivity (Wildman–Crippen MR) is 161 cm³/mol. The van der Waals surface area contributed by atoms with Crippen molar-refractivity contribution in [2.75, 3.05) is 58.0 Å². The van der Waals surface area contributed by atoms with Crippen molar-refractivity contribution in [1.29, 1.82) is 0 Å². The molecule has 1 aromatic heterocycles. The van der Waals surface area contributed by atoms with Crippen LogP contribution in [0.1, 0.15) is 28.5 Å². The number of carbonyl (C=O) groups is 3. The van der Waals surface area contributed by atoms with E-state index in [0.29, 0.717) is 44.6 Å². The molecule has 2 aromatic carbocycles. The van der Waals surface area contributed by atoms with Crippen molar-refractivity contribution in [3.63, 3.8) is 0 Å². The Balaban J connectivity index is 0.000000248. The molecule has 5 rings (SSSR count). The number of methoxy groups -OCH3 is 1. The zero-order valence-electron chi connectivity index (χ0n) is 24.7. The summed E-state index contributed by atoms with van der Waals surface area (Å²) in [6, 6.07) is 19.7. The first kappa shape index (κ1) is 33.9. The number of nitrogens with zero attached hydrogens (tertiary/aromatic N) is 3. The van der Waals surface area contributed by atoms with Gasteiger partial charge >= 0.3 is 0 Å². The van der Waals surface area contributed by atoms with E-state index in [2.05, 4.69) is 53.5 Å². The van der Waals surface area contributed by atoms with E-state index in [-0.39, 0.29) is 18.8 Å². The number of aromatic nitrogens is 2. The van der Waals surface area contributed by atoms with Crippen molar-refractivity contribution >= 4 is 24.0 Å². The van der Waals surface area contributed by atoms with Gasteiger partial charge in [0.2, 0.25) is 11.9 Å². The topological polar surface area (TPSA) is 135 Å². The second-order valence-corrected chi connectivity index (χ2v) is 9.31. The number of ether oxygens (including phenoxy) is 3. The Morgan fingerprint density at radius 1 is 1.00 bits per heavy atom. The summed E-state index contributed by atoms with van der Waals surface area (Å²) in [6.45, 7) is 9.40. The highest BCUT2D eigenvalue weighted by atomic mass is 16.6. The highest BCUT2D eigenvalue weighted by Gasteiger charge is 2.16. The molecule has 0 radical (unpaired) electrons. The van der Waals surface area contributed by atoms with Gasteiger partial charge < -0.3 is 34.5 Å². The smallest absolute Gasteiger partial charge is 0.270 e. The third kappa shape index (κ3) is 14.9. The molecule has 1 unspecified atom stereocenters. The Morgan fingerprint density at radius 3 is 2.14 bits per heavy atom. The summed E-state index contributed by atoms with van der Waals surface area (Å²) in [5.74, 6) is 0.461. The summed E-state index contributed by atoms with van der Waals surface area (Å²) >= 11 is 0. The molecule has 42 heavy (non-hydrogen) atoms. The molecule has 2 N–H and O–H groups in total. The van der Waals surface area contributed by atoms with Crippen LogP contribution >= 0.6 is 0 Å². The van der Waals surface area contributed by atoms with Crippen LogP contribution in [-0.2, 0) is 19.1 Å². The lowest BCUT2D eigenvalue weighted by molar-refractivity contribution is -0.121. The maximum absolute atomic E-state index is 12.0. The molecule has 3 heterocycles. The van der Waals surface area contributed by atoms with Crippen LogP contribution in [0, 0.1) is 13.8 Å². The van der Waals surface area contributed by atoms with E-state index in [9.17, 15) is 14.4 Å². The average molecular weight is 580 g/mol. The maximum atomic E-state index is 12.0. The summed E-state index contributed by atoms with van der Waals surface area (Å²) in [5, 5.41) is 4.76. The quantitative estimate of drug-likeness (QED) is 0.320. The third-order valence-electron chi connectivity index (χ3n) is 5.66. The van der Waals surface area contributed by atoms with Crippen LogP contribution in [0.4, 0.5) is 5.95 Å². The standard InChI is InChI=1S/C13H17N5O4.C8H10O.C7H8.C3H6O/c19-6-3-14-11(20)9-16-12(21)10-1-2-15-13(17-10)18-4-7-22-8-5-18;1-7-3-5-8(9-2)6-4-7;1-7-5-3-2-4-6-7;1-3-2-4-3/h1-2,6H,3-5,7-9H2,(H,14,20)(H,16,21);3-6H,1-2H3;2-6H,1H3;3H,2H2,1H3. The SMILES string of the molecule is CC1CO1.COc1ccc(C)cc1.Cc1ccccc1.O=CCNC(=O)CNC(=O)c1ccnc(N2CCOCC2)n1. The third-order valence-corrected chi connectivity index (χ3v) is 5.66. The fourth-order valence-electron chi connectivity index (χ4n) is 3.16. The number of hydrogen-bond donors (Lipinski definition) is 2. The number of aldehydes is 1. The summed E-state index contributed by atoms with van der Waals surface area (Å²) in [4.78, 5) is 43.7. The van der Waals surface area contributed by atoms with E-state index in [1.54, 1.807) is 7.11 Å². The number of benzene rings is 2. The number of rotatable bonds is 7. The fourth-order valence-corrected chi connectivity index (χ4v) is 3.16. The van der Waals surface area contributed by atoms with Gasteiger partial charge in [-0.3, -0.25) is 9.59 Å². The first-order valence-corrected chi connectivity index (χ1v) is 13.7. The zero-order chi connectivity index (χ0) is 30.6. The van der Waals surface area contributed by atoms with Crippen LogP contribution < -0.4 is 20.3 Å². The van der Waals surface area contributed by atoms with E-state index < -0.39 is 11.8 Å². The van der Waals surface area contributed by atoms with Gasteiger partial charge in [0.1, 0.15) is 17.7 Å². The Kier molecular flexibility index (Phi) is 15.9. The van der Waals surface area contributed by atoms with Crippen molar-refractivity contribution in [2.45, 2.75) is 26.9 Å². The molecule has 3 aromatic rings. The normalized spacial score (nSPS) is 14.7. The summed E-state index contributed by atoms with van der Waals surface area (Å²) in [7, 11) is 1.67. The second-order valence-electron chi connectivity index (χ2n) is 9.31. The van der Waals surface area contributed by atoms with Gasteiger partial charge in [0.15, 0.2) is 0 Å². The Labute approximate surface area is 247 Å². The molecule has 11 heteroatoms.